The Morgan fingerprint density at radius 2 is 2.10 bits per heavy atom. The molecule has 1 aromatic carbocycles. The molecular weight excluding hydrogens is 294 g/mol. The lowest BCUT2D eigenvalue weighted by Crippen LogP contribution is -1.98. The van der Waals surface area contributed by atoms with Crippen molar-refractivity contribution in [2.24, 2.45) is 7.05 Å². The molecule has 3 heterocycles. The molecule has 7 nitrogen and oxygen atoms in total. The molecular formula is C13H10ClN5O2. The number of hydrogen-bond acceptors (Lipinski definition) is 6. The topological polar surface area (TPSA) is 74.1 Å². The molecule has 0 fully saturated rings. The van der Waals surface area contributed by atoms with Crippen molar-refractivity contribution in [3.63, 3.8) is 0 Å². The maximum absolute atomic E-state index is 5.96. The van der Waals surface area contributed by atoms with Gasteiger partial charge in [-0.1, -0.05) is 0 Å². The van der Waals surface area contributed by atoms with Crippen molar-refractivity contribution in [3.8, 4) is 11.5 Å². The highest BCUT2D eigenvalue weighted by atomic mass is 35.5. The van der Waals surface area contributed by atoms with Gasteiger partial charge in [0, 0.05) is 18.8 Å². The van der Waals surface area contributed by atoms with Crippen LogP contribution in [-0.4, -0.2) is 26.5 Å². The van der Waals surface area contributed by atoms with Crippen LogP contribution >= 0.6 is 11.6 Å². The normalized spacial score (nSPS) is 12.9. The predicted molar refractivity (Wildman–Crippen MR) is 77.2 cm³/mol. The minimum atomic E-state index is 0.161. The molecule has 0 bridgehead atoms. The molecule has 1 N–H and O–H groups in total. The Bertz CT molecular complexity index is 848. The first kappa shape index (κ1) is 12.2. The summed E-state index contributed by atoms with van der Waals surface area (Å²) in [6.45, 7) is 0.241. The van der Waals surface area contributed by atoms with E-state index in [9.17, 15) is 0 Å². The number of hydrogen-bond donors (Lipinski definition) is 1. The first-order valence-corrected chi connectivity index (χ1v) is 6.60. The van der Waals surface area contributed by atoms with Gasteiger partial charge in [0.1, 0.15) is 5.82 Å². The van der Waals surface area contributed by atoms with E-state index in [0.29, 0.717) is 17.2 Å². The van der Waals surface area contributed by atoms with Gasteiger partial charge in [0.05, 0.1) is 11.6 Å². The molecule has 0 amide bonds. The number of fused-ring (bicyclic) bond motifs is 2. The van der Waals surface area contributed by atoms with Gasteiger partial charge < -0.3 is 14.8 Å². The van der Waals surface area contributed by atoms with Gasteiger partial charge in [0.25, 0.3) is 0 Å². The average molecular weight is 304 g/mol. The molecule has 0 aliphatic carbocycles. The molecule has 1 aliphatic rings. The largest absolute Gasteiger partial charge is 0.454 e. The maximum atomic E-state index is 5.96. The van der Waals surface area contributed by atoms with Crippen LogP contribution in [0.1, 0.15) is 0 Å². The standard InChI is InChI=1S/C13H10ClN5O2/c1-19-12-8(5-15-19)11(17-13(14)18-12)16-7-2-3-9-10(4-7)21-6-20-9/h2-5H,6H2,1H3,(H,16,17,18). The number of benzene rings is 1. The van der Waals surface area contributed by atoms with Crippen LogP contribution in [0, 0.1) is 0 Å². The van der Waals surface area contributed by atoms with Gasteiger partial charge in [-0.2, -0.15) is 15.1 Å². The van der Waals surface area contributed by atoms with Crippen molar-refractivity contribution < 1.29 is 9.47 Å². The van der Waals surface area contributed by atoms with Crippen molar-refractivity contribution in [1.82, 2.24) is 19.7 Å². The van der Waals surface area contributed by atoms with Crippen LogP contribution in [0.2, 0.25) is 5.28 Å². The van der Waals surface area contributed by atoms with Gasteiger partial charge in [0.15, 0.2) is 17.1 Å². The number of nitrogens with zero attached hydrogens (tertiary/aromatic N) is 4. The predicted octanol–water partition coefficient (Wildman–Crippen LogP) is 2.49. The molecule has 1 aliphatic heterocycles. The van der Waals surface area contributed by atoms with Gasteiger partial charge in [0.2, 0.25) is 12.1 Å². The van der Waals surface area contributed by atoms with E-state index in [0.717, 1.165) is 16.8 Å². The fourth-order valence-electron chi connectivity index (χ4n) is 2.20. The Balaban J connectivity index is 1.77. The van der Waals surface area contributed by atoms with Gasteiger partial charge >= 0.3 is 0 Å². The Morgan fingerprint density at radius 1 is 1.24 bits per heavy atom. The highest BCUT2D eigenvalue weighted by molar-refractivity contribution is 6.28. The van der Waals surface area contributed by atoms with Crippen LogP contribution in [0.4, 0.5) is 11.5 Å². The quantitative estimate of drug-likeness (QED) is 0.733. The first-order valence-electron chi connectivity index (χ1n) is 6.22. The molecule has 2 aromatic heterocycles. The number of nitrogens with one attached hydrogen (secondary N) is 1. The Kier molecular flexibility index (Phi) is 2.61. The molecule has 4 rings (SSSR count). The number of ether oxygens (including phenoxy) is 2. The van der Waals surface area contributed by atoms with Crippen LogP contribution in [0.3, 0.4) is 0 Å². The molecule has 21 heavy (non-hydrogen) atoms. The van der Waals surface area contributed by atoms with Crippen molar-refractivity contribution in [2.75, 3.05) is 12.1 Å². The summed E-state index contributed by atoms with van der Waals surface area (Å²) in [5.74, 6) is 2.02. The SMILES string of the molecule is Cn1ncc2c(Nc3ccc4c(c3)OCO4)nc(Cl)nc21. The van der Waals surface area contributed by atoms with E-state index in [2.05, 4.69) is 20.4 Å². The van der Waals surface area contributed by atoms with Gasteiger partial charge in [-0.05, 0) is 23.7 Å². The van der Waals surface area contributed by atoms with Crippen molar-refractivity contribution >= 4 is 34.1 Å². The van der Waals surface area contributed by atoms with E-state index in [1.807, 2.05) is 18.2 Å². The maximum Gasteiger partial charge on any atom is 0.231 e. The Labute approximate surface area is 124 Å². The summed E-state index contributed by atoms with van der Waals surface area (Å²) in [7, 11) is 1.80. The molecule has 0 unspecified atom stereocenters. The second-order valence-corrected chi connectivity index (χ2v) is 4.88. The van der Waals surface area contributed by atoms with Gasteiger partial charge in [-0.15, -0.1) is 0 Å². The zero-order chi connectivity index (χ0) is 14.4. The van der Waals surface area contributed by atoms with Gasteiger partial charge in [-0.25, -0.2) is 0 Å². The number of anilines is 2. The number of aryl methyl sites for hydroxylation is 1. The minimum absolute atomic E-state index is 0.161. The highest BCUT2D eigenvalue weighted by Gasteiger charge is 2.15. The number of aromatic nitrogens is 4. The van der Waals surface area contributed by atoms with E-state index >= 15 is 0 Å². The summed E-state index contributed by atoms with van der Waals surface area (Å²) < 4.78 is 12.3. The van der Waals surface area contributed by atoms with E-state index in [1.165, 1.54) is 0 Å². The summed E-state index contributed by atoms with van der Waals surface area (Å²) in [5, 5.41) is 8.33. The van der Waals surface area contributed by atoms with Crippen LogP contribution in [0.5, 0.6) is 11.5 Å². The van der Waals surface area contributed by atoms with Crippen LogP contribution in [0.15, 0.2) is 24.4 Å². The lowest BCUT2D eigenvalue weighted by molar-refractivity contribution is 0.174. The molecule has 0 saturated carbocycles. The zero-order valence-corrected chi connectivity index (χ0v) is 11.8. The summed E-state index contributed by atoms with van der Waals surface area (Å²) >= 11 is 5.96. The van der Waals surface area contributed by atoms with Crippen molar-refractivity contribution in [1.29, 1.82) is 0 Å². The summed E-state index contributed by atoms with van der Waals surface area (Å²) in [6, 6.07) is 5.57. The zero-order valence-electron chi connectivity index (χ0n) is 11.0. The lowest BCUT2D eigenvalue weighted by Gasteiger charge is -2.07. The first-order chi connectivity index (χ1) is 10.2. The third-order valence-corrected chi connectivity index (χ3v) is 3.37. The molecule has 3 aromatic rings. The Morgan fingerprint density at radius 3 is 3.00 bits per heavy atom. The smallest absolute Gasteiger partial charge is 0.231 e. The number of rotatable bonds is 2. The third kappa shape index (κ3) is 2.02. The third-order valence-electron chi connectivity index (χ3n) is 3.20. The average Bonchev–Trinajstić information content (AvgIpc) is 3.06. The summed E-state index contributed by atoms with van der Waals surface area (Å²) in [5.41, 5.74) is 1.48. The molecule has 106 valence electrons. The fourth-order valence-corrected chi connectivity index (χ4v) is 2.37. The molecule has 8 heteroatoms. The van der Waals surface area contributed by atoms with E-state index in [4.69, 9.17) is 21.1 Å². The van der Waals surface area contributed by atoms with Crippen LogP contribution < -0.4 is 14.8 Å². The monoisotopic (exact) mass is 303 g/mol. The Hall–Kier alpha value is -2.54. The number of halogens is 1. The second-order valence-electron chi connectivity index (χ2n) is 4.54. The lowest BCUT2D eigenvalue weighted by atomic mass is 10.2. The molecule has 0 spiro atoms. The van der Waals surface area contributed by atoms with E-state index in [1.54, 1.807) is 17.9 Å². The van der Waals surface area contributed by atoms with E-state index in [-0.39, 0.29) is 12.1 Å². The second kappa shape index (κ2) is 4.49. The highest BCUT2D eigenvalue weighted by Crippen LogP contribution is 2.35. The summed E-state index contributed by atoms with van der Waals surface area (Å²) in [4.78, 5) is 8.39. The molecule has 0 saturated heterocycles. The van der Waals surface area contributed by atoms with Crippen molar-refractivity contribution in [3.05, 3.63) is 29.7 Å². The fraction of sp³-hybridized carbons (Fsp3) is 0.154. The van der Waals surface area contributed by atoms with E-state index < -0.39 is 0 Å². The van der Waals surface area contributed by atoms with Gasteiger partial charge in [-0.3, -0.25) is 4.68 Å². The van der Waals surface area contributed by atoms with Crippen molar-refractivity contribution in [2.45, 2.75) is 0 Å². The molecule has 0 atom stereocenters. The summed E-state index contributed by atoms with van der Waals surface area (Å²) in [6.07, 6.45) is 1.70. The van der Waals surface area contributed by atoms with Crippen LogP contribution in [-0.2, 0) is 7.05 Å². The van der Waals surface area contributed by atoms with Crippen LogP contribution in [0.25, 0.3) is 11.0 Å². The molecule has 0 radical (unpaired) electrons. The minimum Gasteiger partial charge on any atom is -0.454 e.